The quantitative estimate of drug-likeness (QED) is 0.718. The van der Waals surface area contributed by atoms with Crippen LogP contribution in [0, 0.1) is 12.7 Å². The standard InChI is InChI=1S/C17H19BrFNO/c1-10-7-11(17(2,3)4)5-6-15(10)21-16-9-13(19)12(18)8-14(16)20/h5-9H,20H2,1-4H3. The van der Waals surface area contributed by atoms with Gasteiger partial charge in [0.2, 0.25) is 0 Å². The summed E-state index contributed by atoms with van der Waals surface area (Å²) in [6, 6.07) is 8.80. The fourth-order valence-electron chi connectivity index (χ4n) is 1.98. The van der Waals surface area contributed by atoms with Crippen LogP contribution in [0.4, 0.5) is 10.1 Å². The van der Waals surface area contributed by atoms with Gasteiger partial charge in [0, 0.05) is 6.07 Å². The molecule has 0 aliphatic heterocycles. The number of nitrogen functional groups attached to an aromatic ring is 1. The van der Waals surface area contributed by atoms with Crippen LogP contribution in [0.3, 0.4) is 0 Å². The molecule has 0 amide bonds. The van der Waals surface area contributed by atoms with E-state index in [4.69, 9.17) is 10.5 Å². The van der Waals surface area contributed by atoms with Gasteiger partial charge in [-0.2, -0.15) is 0 Å². The Bertz CT molecular complexity index is 677. The van der Waals surface area contributed by atoms with E-state index in [1.54, 1.807) is 0 Å². The number of anilines is 1. The molecule has 2 aromatic rings. The molecule has 2 rings (SSSR count). The van der Waals surface area contributed by atoms with Crippen LogP contribution in [0.1, 0.15) is 31.9 Å². The molecule has 0 aliphatic rings. The minimum Gasteiger partial charge on any atom is -0.455 e. The second kappa shape index (κ2) is 5.68. The average Bonchev–Trinajstić information content (AvgIpc) is 2.36. The number of nitrogens with two attached hydrogens (primary N) is 1. The number of benzene rings is 2. The van der Waals surface area contributed by atoms with Crippen molar-refractivity contribution in [3.8, 4) is 11.5 Å². The van der Waals surface area contributed by atoms with Crippen molar-refractivity contribution in [1.29, 1.82) is 0 Å². The number of halogens is 2. The second-order valence-corrected chi connectivity index (χ2v) is 6.99. The molecule has 0 radical (unpaired) electrons. The minimum atomic E-state index is -0.400. The third-order valence-corrected chi connectivity index (χ3v) is 3.92. The lowest BCUT2D eigenvalue weighted by Crippen LogP contribution is -2.11. The third-order valence-electron chi connectivity index (χ3n) is 3.31. The lowest BCUT2D eigenvalue weighted by molar-refractivity contribution is 0.474. The lowest BCUT2D eigenvalue weighted by atomic mass is 9.86. The molecule has 2 nitrogen and oxygen atoms in total. The highest BCUT2D eigenvalue weighted by Gasteiger charge is 2.15. The Labute approximate surface area is 133 Å². The third kappa shape index (κ3) is 3.56. The molecule has 0 aromatic heterocycles. The Morgan fingerprint density at radius 2 is 1.76 bits per heavy atom. The number of rotatable bonds is 2. The summed E-state index contributed by atoms with van der Waals surface area (Å²) in [7, 11) is 0. The number of aryl methyl sites for hydroxylation is 1. The summed E-state index contributed by atoms with van der Waals surface area (Å²) in [6.07, 6.45) is 0. The van der Waals surface area contributed by atoms with Crippen LogP contribution in [-0.2, 0) is 5.41 Å². The lowest BCUT2D eigenvalue weighted by Gasteiger charge is -2.20. The highest BCUT2D eigenvalue weighted by molar-refractivity contribution is 9.10. The van der Waals surface area contributed by atoms with Crippen LogP contribution in [0.25, 0.3) is 0 Å². The van der Waals surface area contributed by atoms with Crippen LogP contribution in [-0.4, -0.2) is 0 Å². The van der Waals surface area contributed by atoms with E-state index in [1.165, 1.54) is 17.7 Å². The maximum Gasteiger partial charge on any atom is 0.153 e. The zero-order chi connectivity index (χ0) is 15.8. The van der Waals surface area contributed by atoms with E-state index < -0.39 is 5.82 Å². The van der Waals surface area contributed by atoms with Gasteiger partial charge >= 0.3 is 0 Å². The van der Waals surface area contributed by atoms with Crippen LogP contribution < -0.4 is 10.5 Å². The highest BCUT2D eigenvalue weighted by atomic mass is 79.9. The van der Waals surface area contributed by atoms with Crippen molar-refractivity contribution in [2.24, 2.45) is 0 Å². The first-order valence-electron chi connectivity index (χ1n) is 6.72. The van der Waals surface area contributed by atoms with E-state index in [-0.39, 0.29) is 5.41 Å². The van der Waals surface area contributed by atoms with Crippen molar-refractivity contribution >= 4 is 21.6 Å². The van der Waals surface area contributed by atoms with E-state index in [1.807, 2.05) is 19.1 Å². The maximum absolute atomic E-state index is 13.6. The molecule has 0 heterocycles. The van der Waals surface area contributed by atoms with Crippen molar-refractivity contribution < 1.29 is 9.13 Å². The van der Waals surface area contributed by atoms with E-state index >= 15 is 0 Å². The molecular formula is C17H19BrFNO. The summed E-state index contributed by atoms with van der Waals surface area (Å²) in [5, 5.41) is 0. The first kappa shape index (κ1) is 15.8. The zero-order valence-corrected chi connectivity index (χ0v) is 14.2. The van der Waals surface area contributed by atoms with Gasteiger partial charge in [-0.3, -0.25) is 0 Å². The van der Waals surface area contributed by atoms with Crippen LogP contribution in [0.2, 0.25) is 0 Å². The fourth-order valence-corrected chi connectivity index (χ4v) is 2.34. The highest BCUT2D eigenvalue weighted by Crippen LogP contribution is 2.34. The molecule has 0 atom stereocenters. The molecule has 2 N–H and O–H groups in total. The van der Waals surface area contributed by atoms with Crippen LogP contribution in [0.5, 0.6) is 11.5 Å². The Morgan fingerprint density at radius 1 is 1.10 bits per heavy atom. The fraction of sp³-hybridized carbons (Fsp3) is 0.294. The molecule has 21 heavy (non-hydrogen) atoms. The molecular weight excluding hydrogens is 333 g/mol. The molecule has 0 spiro atoms. The molecule has 0 saturated carbocycles. The molecule has 0 fully saturated rings. The van der Waals surface area contributed by atoms with Gasteiger partial charge in [0.15, 0.2) is 5.75 Å². The summed E-state index contributed by atoms with van der Waals surface area (Å²) in [5.41, 5.74) is 8.55. The van der Waals surface area contributed by atoms with Gasteiger partial charge in [-0.05, 0) is 51.5 Å². The first-order valence-corrected chi connectivity index (χ1v) is 7.51. The van der Waals surface area contributed by atoms with E-state index in [0.29, 0.717) is 21.7 Å². The molecule has 0 saturated heterocycles. The summed E-state index contributed by atoms with van der Waals surface area (Å²) >= 11 is 3.10. The average molecular weight is 352 g/mol. The van der Waals surface area contributed by atoms with Gasteiger partial charge < -0.3 is 10.5 Å². The summed E-state index contributed by atoms with van der Waals surface area (Å²) < 4.78 is 19.7. The van der Waals surface area contributed by atoms with Crippen molar-refractivity contribution in [3.05, 3.63) is 51.7 Å². The topological polar surface area (TPSA) is 35.2 Å². The van der Waals surface area contributed by atoms with E-state index in [0.717, 1.165) is 5.56 Å². The van der Waals surface area contributed by atoms with Gasteiger partial charge in [0.05, 0.1) is 10.2 Å². The first-order chi connectivity index (χ1) is 9.68. The van der Waals surface area contributed by atoms with Gasteiger partial charge in [-0.1, -0.05) is 32.9 Å². The van der Waals surface area contributed by atoms with E-state index in [9.17, 15) is 4.39 Å². The van der Waals surface area contributed by atoms with Gasteiger partial charge in [-0.15, -0.1) is 0 Å². The molecule has 0 aliphatic carbocycles. The smallest absolute Gasteiger partial charge is 0.153 e. The predicted molar refractivity (Wildman–Crippen MR) is 88.5 cm³/mol. The monoisotopic (exact) mass is 351 g/mol. The number of hydrogen-bond donors (Lipinski definition) is 1. The Kier molecular flexibility index (Phi) is 4.28. The van der Waals surface area contributed by atoms with Gasteiger partial charge in [0.25, 0.3) is 0 Å². The Morgan fingerprint density at radius 3 is 2.33 bits per heavy atom. The molecule has 0 bridgehead atoms. The predicted octanol–water partition coefficient (Wildman–Crippen LogP) is 5.57. The molecule has 4 heteroatoms. The van der Waals surface area contributed by atoms with Crippen molar-refractivity contribution in [2.45, 2.75) is 33.1 Å². The Hall–Kier alpha value is -1.55. The number of ether oxygens (including phenoxy) is 1. The summed E-state index contributed by atoms with van der Waals surface area (Å²) in [6.45, 7) is 8.44. The molecule has 112 valence electrons. The maximum atomic E-state index is 13.6. The second-order valence-electron chi connectivity index (χ2n) is 6.14. The zero-order valence-electron chi connectivity index (χ0n) is 12.6. The SMILES string of the molecule is Cc1cc(C(C)(C)C)ccc1Oc1cc(F)c(Br)cc1N. The minimum absolute atomic E-state index is 0.0754. The Balaban J connectivity index is 2.35. The van der Waals surface area contributed by atoms with Crippen molar-refractivity contribution in [1.82, 2.24) is 0 Å². The van der Waals surface area contributed by atoms with Crippen LogP contribution in [0.15, 0.2) is 34.8 Å². The largest absolute Gasteiger partial charge is 0.455 e. The molecule has 2 aromatic carbocycles. The van der Waals surface area contributed by atoms with Crippen molar-refractivity contribution in [2.75, 3.05) is 5.73 Å². The van der Waals surface area contributed by atoms with Gasteiger partial charge in [-0.25, -0.2) is 4.39 Å². The summed E-state index contributed by atoms with van der Waals surface area (Å²) in [4.78, 5) is 0. The van der Waals surface area contributed by atoms with Gasteiger partial charge in [0.1, 0.15) is 11.6 Å². The van der Waals surface area contributed by atoms with E-state index in [2.05, 4.69) is 42.8 Å². The normalized spacial score (nSPS) is 11.5. The van der Waals surface area contributed by atoms with Crippen LogP contribution >= 0.6 is 15.9 Å². The van der Waals surface area contributed by atoms with Crippen molar-refractivity contribution in [3.63, 3.8) is 0 Å². The number of hydrogen-bond acceptors (Lipinski definition) is 2. The summed E-state index contributed by atoms with van der Waals surface area (Å²) in [5.74, 6) is 0.599. The molecule has 0 unspecified atom stereocenters.